The fraction of sp³-hybridized carbons (Fsp3) is 0.609. The Morgan fingerprint density at radius 3 is 2.90 bits per heavy atom. The molecule has 1 aliphatic carbocycles. The van der Waals surface area contributed by atoms with E-state index in [0.717, 1.165) is 50.6 Å². The van der Waals surface area contributed by atoms with E-state index >= 15 is 0 Å². The van der Waals surface area contributed by atoms with E-state index in [1.807, 2.05) is 11.6 Å². The highest BCUT2D eigenvalue weighted by atomic mass is 16.5. The largest absolute Gasteiger partial charge is 0.383 e. The second-order valence-corrected chi connectivity index (χ2v) is 8.58. The van der Waals surface area contributed by atoms with E-state index in [1.165, 1.54) is 43.2 Å². The average Bonchev–Trinajstić information content (AvgIpc) is 3.17. The van der Waals surface area contributed by atoms with Crippen LogP contribution >= 0.6 is 0 Å². The first kappa shape index (κ1) is 21.0. The number of carbonyl (C=O) groups is 1. The van der Waals surface area contributed by atoms with Gasteiger partial charge in [0.25, 0.3) is 5.91 Å². The fourth-order valence-electron chi connectivity index (χ4n) is 4.74. The lowest BCUT2D eigenvalue weighted by atomic mass is 9.89. The summed E-state index contributed by atoms with van der Waals surface area (Å²) in [6.07, 6.45) is 7.25. The molecule has 0 saturated heterocycles. The Kier molecular flexibility index (Phi) is 6.79. The molecule has 2 heterocycles. The molecule has 30 heavy (non-hydrogen) atoms. The Labute approximate surface area is 178 Å². The summed E-state index contributed by atoms with van der Waals surface area (Å²) in [5.41, 5.74) is 4.88. The molecule has 162 valence electrons. The minimum Gasteiger partial charge on any atom is -0.383 e. The van der Waals surface area contributed by atoms with Crippen molar-refractivity contribution in [1.29, 1.82) is 0 Å². The maximum absolute atomic E-state index is 12.7. The van der Waals surface area contributed by atoms with Crippen LogP contribution in [-0.2, 0) is 17.7 Å². The van der Waals surface area contributed by atoms with Crippen LogP contribution in [0.2, 0.25) is 0 Å². The number of carbonyl (C=O) groups excluding carboxylic acids is 1. The third-order valence-electron chi connectivity index (χ3n) is 6.55. The predicted molar refractivity (Wildman–Crippen MR) is 116 cm³/mol. The molecule has 0 unspecified atom stereocenters. The van der Waals surface area contributed by atoms with Crippen molar-refractivity contribution in [3.8, 4) is 5.69 Å². The molecule has 1 aliphatic heterocycles. The third kappa shape index (κ3) is 4.57. The highest BCUT2D eigenvalue weighted by Gasteiger charge is 2.23. The number of benzene rings is 1. The molecule has 1 N–H and O–H groups in total. The zero-order valence-electron chi connectivity index (χ0n) is 18.2. The molecule has 1 fully saturated rings. The summed E-state index contributed by atoms with van der Waals surface area (Å²) in [5, 5.41) is 11.7. The van der Waals surface area contributed by atoms with E-state index in [2.05, 4.69) is 38.7 Å². The molecule has 0 bridgehead atoms. The summed E-state index contributed by atoms with van der Waals surface area (Å²) in [6.45, 7) is 6.26. The Morgan fingerprint density at radius 1 is 1.27 bits per heavy atom. The van der Waals surface area contributed by atoms with E-state index in [1.54, 1.807) is 7.11 Å². The van der Waals surface area contributed by atoms with Gasteiger partial charge in [0.15, 0.2) is 5.69 Å². The normalized spacial score (nSPS) is 17.7. The van der Waals surface area contributed by atoms with Crippen LogP contribution < -0.4 is 5.32 Å². The first-order chi connectivity index (χ1) is 14.7. The van der Waals surface area contributed by atoms with Crippen molar-refractivity contribution in [1.82, 2.24) is 25.2 Å². The second-order valence-electron chi connectivity index (χ2n) is 8.58. The molecule has 4 rings (SSSR count). The van der Waals surface area contributed by atoms with Gasteiger partial charge in [-0.15, -0.1) is 5.10 Å². The molecular formula is C23H33N5O2. The number of nitrogens with zero attached hydrogens (tertiary/aromatic N) is 4. The molecule has 1 aromatic heterocycles. The van der Waals surface area contributed by atoms with Gasteiger partial charge >= 0.3 is 0 Å². The van der Waals surface area contributed by atoms with Crippen LogP contribution in [0.15, 0.2) is 18.2 Å². The van der Waals surface area contributed by atoms with Crippen molar-refractivity contribution < 1.29 is 9.53 Å². The number of hydrogen-bond acceptors (Lipinski definition) is 5. The van der Waals surface area contributed by atoms with E-state index in [4.69, 9.17) is 4.74 Å². The van der Waals surface area contributed by atoms with Gasteiger partial charge in [-0.05, 0) is 49.3 Å². The second kappa shape index (κ2) is 9.71. The van der Waals surface area contributed by atoms with Crippen LogP contribution in [0.3, 0.4) is 0 Å². The minimum absolute atomic E-state index is 0.111. The van der Waals surface area contributed by atoms with Gasteiger partial charge in [0.05, 0.1) is 18.0 Å². The number of fused-ring (bicyclic) bond motifs is 1. The minimum atomic E-state index is -0.111. The standard InChI is InChI=1S/C23H33N5O2/c1-17-22(23(29)24-15-18-7-4-3-5-8-18)25-26-28(17)21-10-6-9-19-16-27(13-14-30-2)12-11-20(19)21/h6,9-10,18H,3-5,7-8,11-16H2,1-2H3,(H,24,29). The lowest BCUT2D eigenvalue weighted by molar-refractivity contribution is 0.0938. The predicted octanol–water partition coefficient (Wildman–Crippen LogP) is 2.89. The fourth-order valence-corrected chi connectivity index (χ4v) is 4.74. The maximum atomic E-state index is 12.7. The Hall–Kier alpha value is -2.25. The van der Waals surface area contributed by atoms with Gasteiger partial charge in [-0.3, -0.25) is 9.69 Å². The van der Waals surface area contributed by atoms with Crippen LogP contribution in [0.1, 0.15) is 59.4 Å². The molecule has 0 atom stereocenters. The van der Waals surface area contributed by atoms with E-state index in [-0.39, 0.29) is 5.91 Å². The Bertz CT molecular complexity index is 872. The van der Waals surface area contributed by atoms with Crippen LogP contribution in [0.5, 0.6) is 0 Å². The summed E-state index contributed by atoms with van der Waals surface area (Å²) >= 11 is 0. The monoisotopic (exact) mass is 411 g/mol. The van der Waals surface area contributed by atoms with Gasteiger partial charge in [-0.25, -0.2) is 4.68 Å². The summed E-state index contributed by atoms with van der Waals surface area (Å²) in [5.74, 6) is 0.486. The van der Waals surface area contributed by atoms with Crippen LogP contribution in [0.25, 0.3) is 5.69 Å². The number of aromatic nitrogens is 3. The number of ether oxygens (including phenoxy) is 1. The summed E-state index contributed by atoms with van der Waals surface area (Å²) in [4.78, 5) is 15.2. The summed E-state index contributed by atoms with van der Waals surface area (Å²) < 4.78 is 7.06. The first-order valence-electron chi connectivity index (χ1n) is 11.2. The average molecular weight is 412 g/mol. The van der Waals surface area contributed by atoms with Gasteiger partial charge in [-0.1, -0.05) is 36.6 Å². The first-order valence-corrected chi connectivity index (χ1v) is 11.2. The molecule has 2 aromatic rings. The maximum Gasteiger partial charge on any atom is 0.273 e. The molecule has 7 nitrogen and oxygen atoms in total. The topological polar surface area (TPSA) is 72.3 Å². The molecule has 1 amide bonds. The lowest BCUT2D eigenvalue weighted by Crippen LogP contribution is -2.33. The van der Waals surface area contributed by atoms with Gasteiger partial charge in [0.1, 0.15) is 0 Å². The van der Waals surface area contributed by atoms with Gasteiger partial charge < -0.3 is 10.1 Å². The van der Waals surface area contributed by atoms with E-state index < -0.39 is 0 Å². The van der Waals surface area contributed by atoms with Crippen molar-refractivity contribution in [2.24, 2.45) is 5.92 Å². The zero-order chi connectivity index (χ0) is 20.9. The van der Waals surface area contributed by atoms with E-state index in [9.17, 15) is 4.79 Å². The van der Waals surface area contributed by atoms with Gasteiger partial charge in [-0.2, -0.15) is 0 Å². The highest BCUT2D eigenvalue weighted by molar-refractivity contribution is 5.93. The van der Waals surface area contributed by atoms with Crippen LogP contribution in [-0.4, -0.2) is 59.2 Å². The lowest BCUT2D eigenvalue weighted by Gasteiger charge is -2.29. The van der Waals surface area contributed by atoms with E-state index in [0.29, 0.717) is 11.6 Å². The highest BCUT2D eigenvalue weighted by Crippen LogP contribution is 2.26. The number of hydrogen-bond donors (Lipinski definition) is 1. The number of methoxy groups -OCH3 is 1. The summed E-state index contributed by atoms with van der Waals surface area (Å²) in [7, 11) is 1.74. The third-order valence-corrected chi connectivity index (χ3v) is 6.55. The van der Waals surface area contributed by atoms with Crippen molar-refractivity contribution in [2.75, 3.05) is 33.4 Å². The number of nitrogens with one attached hydrogen (secondary N) is 1. The molecule has 7 heteroatoms. The smallest absolute Gasteiger partial charge is 0.273 e. The number of amides is 1. The molecule has 1 saturated carbocycles. The van der Waals surface area contributed by atoms with Gasteiger partial charge in [0, 0.05) is 33.3 Å². The SMILES string of the molecule is COCCN1CCc2c(cccc2-n2nnc(C(=O)NCC3CCCCC3)c2C)C1. The molecule has 0 spiro atoms. The van der Waals surface area contributed by atoms with Crippen molar-refractivity contribution in [3.63, 3.8) is 0 Å². The summed E-state index contributed by atoms with van der Waals surface area (Å²) in [6, 6.07) is 6.33. The van der Waals surface area contributed by atoms with Crippen LogP contribution in [0, 0.1) is 12.8 Å². The molecule has 1 aromatic carbocycles. The Balaban J connectivity index is 1.48. The van der Waals surface area contributed by atoms with Crippen molar-refractivity contribution in [3.05, 3.63) is 40.7 Å². The van der Waals surface area contributed by atoms with Gasteiger partial charge in [0.2, 0.25) is 0 Å². The molecule has 2 aliphatic rings. The molecular weight excluding hydrogens is 378 g/mol. The van der Waals surface area contributed by atoms with Crippen LogP contribution in [0.4, 0.5) is 0 Å². The molecule has 0 radical (unpaired) electrons. The van der Waals surface area contributed by atoms with Crippen molar-refractivity contribution in [2.45, 2.75) is 52.0 Å². The zero-order valence-corrected chi connectivity index (χ0v) is 18.2. The Morgan fingerprint density at radius 2 is 2.10 bits per heavy atom. The quantitative estimate of drug-likeness (QED) is 0.759. The number of rotatable bonds is 7. The van der Waals surface area contributed by atoms with Crippen molar-refractivity contribution >= 4 is 5.91 Å².